The van der Waals surface area contributed by atoms with Crippen LogP contribution in [0, 0.1) is 13.8 Å². The monoisotopic (exact) mass is 1910 g/mol. The number of hydrogen-bond donors (Lipinski definition) is 0. The fourth-order valence-electron chi connectivity index (χ4n) is 22.9. The normalized spacial score (nSPS) is 20.6. The van der Waals surface area contributed by atoms with Crippen LogP contribution in [0.3, 0.4) is 0 Å². The average molecular weight is 1910 g/mol. The molecule has 0 atom stereocenters. The number of ether oxygens (including phenoxy) is 3. The number of alkyl halides is 2. The Bertz CT molecular complexity index is 7020. The van der Waals surface area contributed by atoms with Crippen LogP contribution in [0.25, 0.3) is 110 Å². The molecule has 3 saturated heterocycles. The van der Waals surface area contributed by atoms with Gasteiger partial charge >= 0.3 is 0 Å². The summed E-state index contributed by atoms with van der Waals surface area (Å²) in [7, 11) is 1.91. The minimum absolute atomic E-state index is 0.124. The van der Waals surface area contributed by atoms with Crippen molar-refractivity contribution in [3.63, 3.8) is 0 Å². The zero-order chi connectivity index (χ0) is 96.4. The first kappa shape index (κ1) is 94.1. The number of carbonyl (C=O) groups excluding carboxylic acids is 4. The van der Waals surface area contributed by atoms with Gasteiger partial charge in [-0.3, -0.25) is 43.8 Å². The van der Waals surface area contributed by atoms with Crippen LogP contribution in [-0.4, -0.2) is 193 Å². The van der Waals surface area contributed by atoms with Gasteiger partial charge in [0.2, 0.25) is 23.6 Å². The zero-order valence-corrected chi connectivity index (χ0v) is 83.0. The van der Waals surface area contributed by atoms with Crippen LogP contribution in [0.2, 0.25) is 0 Å². The van der Waals surface area contributed by atoms with Crippen LogP contribution in [-0.2, 0) is 92.8 Å². The van der Waals surface area contributed by atoms with Gasteiger partial charge in [-0.2, -0.15) is 5.10 Å². The number of aryl methyl sites for hydroxylation is 3. The van der Waals surface area contributed by atoms with Gasteiger partial charge in [0.25, 0.3) is 0 Å². The molecule has 0 bridgehead atoms. The van der Waals surface area contributed by atoms with Gasteiger partial charge in [0.1, 0.15) is 34.6 Å². The smallest absolute Gasteiger partial charge is 0.222 e. The van der Waals surface area contributed by atoms with Crippen molar-refractivity contribution in [2.24, 2.45) is 7.05 Å². The van der Waals surface area contributed by atoms with Crippen LogP contribution in [0.15, 0.2) is 134 Å². The van der Waals surface area contributed by atoms with Crippen LogP contribution < -0.4 is 0 Å². The Balaban J connectivity index is 0.000000111. The van der Waals surface area contributed by atoms with Gasteiger partial charge in [-0.15, -0.1) is 11.3 Å². The summed E-state index contributed by atoms with van der Waals surface area (Å²) < 4.78 is 56.9. The molecule has 0 unspecified atom stereocenters. The highest BCUT2D eigenvalue weighted by Crippen LogP contribution is 2.51. The second kappa shape index (κ2) is 39.7. The second-order valence-corrected chi connectivity index (χ2v) is 41.8. The summed E-state index contributed by atoms with van der Waals surface area (Å²) in [6, 6.07) is 32.1. The number of carbonyl (C=O) groups is 4. The number of hydrogen-bond acceptors (Lipinski definition) is 18. The molecule has 7 aliphatic heterocycles. The van der Waals surface area contributed by atoms with Crippen LogP contribution in [0.4, 0.5) is 8.78 Å². The van der Waals surface area contributed by atoms with Crippen molar-refractivity contribution in [3.8, 4) is 66.9 Å². The maximum atomic E-state index is 14.6. The lowest BCUT2D eigenvalue weighted by atomic mass is 9.73. The van der Waals surface area contributed by atoms with E-state index in [0.29, 0.717) is 121 Å². The van der Waals surface area contributed by atoms with Gasteiger partial charge < -0.3 is 52.1 Å². The largest absolute Gasteiger partial charge is 0.381 e. The minimum atomic E-state index is -1.11. The Morgan fingerprint density at radius 3 is 1.19 bits per heavy atom. The summed E-state index contributed by atoms with van der Waals surface area (Å²) in [6.45, 7) is 28.2. The maximum Gasteiger partial charge on any atom is 0.222 e. The molecule has 4 amide bonds. The standard InChI is InChI=1S/C30H37FN4O2.C28H33FN4O2.C28H31N5O2S.C25H26N6O/c1-3-27(36)34-13-14-35-26(19-34)28(33-29(35)21-7-11-30(2,31)12-8-21)23-6-4-5-22-17-25(32-18-24(22)23)20-9-15-37-16-10-20;1-3-25(34)32-9-10-33-24(17-32)26(31-27(33)20-14-28(2,29)15-20)21-6-4-5-19-13-23(30-16-22(19)21)18-7-11-35-12-8-18;1-4-25(34)32-9-10-33-23(16-32)27(31-28(33)19-7-11-35-12-8-19)26-17(2)5-6-20-13-22(30-14-21(20)26)24-15-29-18(3)36-24;1-3-23(32)30-9-10-31-22(15-30)24(28-25(31)16-7-8-16)19-6-4-5-17-11-21(26-13-20(17)19)18-12-27-29(2)14-18/h4-6,17-18,20-21H,3,7-16,19H2,1-2H3;4-6,13,16,18,20H,3,7-12,14-15,17H2,1-2H3;5-6,13-15,19H,4,7-12,16H2,1-3H3;4-6,11-14,16H,3,7-10,15H2,1-2H3. The lowest BCUT2D eigenvalue weighted by Crippen LogP contribution is -2.40. The predicted molar refractivity (Wildman–Crippen MR) is 540 cm³/mol. The van der Waals surface area contributed by atoms with Crippen molar-refractivity contribution >= 4 is 78.1 Å². The molecule has 0 spiro atoms. The highest BCUT2D eigenvalue weighted by atomic mass is 32.1. The Morgan fingerprint density at radius 2 is 0.779 bits per heavy atom. The molecule has 0 N–H and O–H groups in total. The number of nitrogens with zero attached hydrogens (tertiary/aromatic N) is 19. The van der Waals surface area contributed by atoms with E-state index in [1.807, 2.05) is 105 Å². The van der Waals surface area contributed by atoms with Crippen molar-refractivity contribution in [3.05, 3.63) is 202 Å². The number of imidazole rings is 4. The van der Waals surface area contributed by atoms with Gasteiger partial charge in [-0.1, -0.05) is 94.4 Å². The van der Waals surface area contributed by atoms with E-state index in [-0.39, 0.29) is 35.5 Å². The molecule has 17 heterocycles. The first-order valence-corrected chi connectivity index (χ1v) is 51.9. The number of pyridine rings is 4. The van der Waals surface area contributed by atoms with E-state index < -0.39 is 11.3 Å². The first-order valence-electron chi connectivity index (χ1n) is 51.1. The molecule has 24 rings (SSSR count). The second-order valence-electron chi connectivity index (χ2n) is 40.5. The van der Waals surface area contributed by atoms with E-state index in [9.17, 15) is 28.0 Å². The van der Waals surface area contributed by atoms with Crippen molar-refractivity contribution in [1.82, 2.24) is 92.5 Å². The molecule has 3 aliphatic carbocycles. The number of amides is 4. The van der Waals surface area contributed by atoms with Crippen molar-refractivity contribution in [2.75, 3.05) is 65.8 Å². The summed E-state index contributed by atoms with van der Waals surface area (Å²) in [6.07, 6.45) is 27.9. The third-order valence-corrected chi connectivity index (χ3v) is 31.9. The van der Waals surface area contributed by atoms with E-state index in [0.717, 1.165) is 285 Å². The Hall–Kier alpha value is -12.2. The molecule has 14 aromatic rings. The molecule has 29 heteroatoms. The van der Waals surface area contributed by atoms with E-state index in [1.165, 1.54) is 29.6 Å². The van der Waals surface area contributed by atoms with E-state index >= 15 is 0 Å². The Labute approximate surface area is 820 Å². The summed E-state index contributed by atoms with van der Waals surface area (Å²) in [5, 5.41) is 14.2. The fourth-order valence-corrected chi connectivity index (χ4v) is 23.7. The summed E-state index contributed by atoms with van der Waals surface area (Å²) in [5.41, 5.74) is 16.7. The molecule has 26 nitrogen and oxygen atoms in total. The number of benzene rings is 4. The molecule has 10 aliphatic rings. The zero-order valence-electron chi connectivity index (χ0n) is 82.1. The van der Waals surface area contributed by atoms with Gasteiger partial charge in [-0.25, -0.2) is 33.7 Å². The molecule has 4 aromatic carbocycles. The lowest BCUT2D eigenvalue weighted by molar-refractivity contribution is -0.133. The molecule has 0 radical (unpaired) electrons. The minimum Gasteiger partial charge on any atom is -0.381 e. The number of aromatic nitrogens is 15. The van der Waals surface area contributed by atoms with Crippen LogP contribution in [0.5, 0.6) is 0 Å². The predicted octanol–water partition coefficient (Wildman–Crippen LogP) is 21.1. The number of rotatable bonds is 16. The lowest BCUT2D eigenvalue weighted by Gasteiger charge is -2.39. The van der Waals surface area contributed by atoms with Crippen LogP contribution >= 0.6 is 11.3 Å². The van der Waals surface area contributed by atoms with Gasteiger partial charge in [0.15, 0.2) is 0 Å². The first-order chi connectivity index (χ1) is 68.0. The van der Waals surface area contributed by atoms with Crippen LogP contribution in [0.1, 0.15) is 261 Å². The van der Waals surface area contributed by atoms with E-state index in [2.05, 4.69) is 126 Å². The molecule has 3 saturated carbocycles. The van der Waals surface area contributed by atoms with E-state index in [4.69, 9.17) is 54.1 Å². The molecular formula is C111H127F2N19O7S. The molecule has 6 fully saturated rings. The third kappa shape index (κ3) is 18.9. The average Bonchev–Trinajstić information content (AvgIpc) is 1.55. The topological polar surface area (TPSA) is 262 Å². The van der Waals surface area contributed by atoms with Crippen molar-refractivity contribution in [2.45, 2.75) is 270 Å². The van der Waals surface area contributed by atoms with Crippen molar-refractivity contribution < 1.29 is 42.2 Å². The number of thiazole rings is 1. The highest BCUT2D eigenvalue weighted by molar-refractivity contribution is 7.15. The van der Waals surface area contributed by atoms with Gasteiger partial charge in [0.05, 0.1) is 99.2 Å². The number of fused-ring (bicyclic) bond motifs is 8. The summed E-state index contributed by atoms with van der Waals surface area (Å²) in [5.74, 6) is 7.29. The quantitative estimate of drug-likeness (QED) is 0.0870. The van der Waals surface area contributed by atoms with Gasteiger partial charge in [-0.05, 0) is 169 Å². The highest BCUT2D eigenvalue weighted by Gasteiger charge is 2.46. The fraction of sp³-hybridized carbons (Fsp3) is 0.477. The molecular weight excluding hydrogens is 1780 g/mol. The molecule has 140 heavy (non-hydrogen) atoms. The Morgan fingerprint density at radius 1 is 0.400 bits per heavy atom. The van der Waals surface area contributed by atoms with Crippen molar-refractivity contribution in [1.29, 1.82) is 0 Å². The summed E-state index contributed by atoms with van der Waals surface area (Å²) >= 11 is 1.66. The number of halogens is 2. The maximum absolute atomic E-state index is 14.6. The van der Waals surface area contributed by atoms with Gasteiger partial charge in [0, 0.05) is 258 Å². The molecule has 728 valence electrons. The van der Waals surface area contributed by atoms with E-state index in [1.54, 1.807) is 29.9 Å². The Kier molecular flexibility index (Phi) is 26.7. The SMILES string of the molecule is CCC(=O)N1CCn2c(C3CC(C)(F)C3)nc(-c3cccc4cc(C5CCOCC5)ncc34)c2C1.CCC(=O)N1CCn2c(C3CC3)nc(-c3cccc4cc(-c5cnn(C)c5)ncc34)c2C1.CCC(=O)N1CCn2c(C3CCC(C)(F)CC3)nc(-c3cccc4cc(C5CCOCC5)ncc34)c2C1.CCC(=O)N1CCn2c(C3CCOCC3)nc(-c3c(C)ccc4cc(-c5cnc(C)s5)ncc34)c2C1. The third-order valence-electron chi connectivity index (χ3n) is 31.0. The molecule has 10 aromatic heterocycles. The summed E-state index contributed by atoms with van der Waals surface area (Å²) in [4.78, 5) is 104.